The largest absolute Gasteiger partial charge is 0.465 e. The highest BCUT2D eigenvalue weighted by molar-refractivity contribution is 7.13. The Morgan fingerprint density at radius 2 is 1.93 bits per heavy atom. The maximum Gasteiger partial charge on any atom is 0.404 e. The highest BCUT2D eigenvalue weighted by atomic mass is 32.1. The molecule has 1 saturated heterocycles. The minimum Gasteiger partial charge on any atom is -0.465 e. The van der Waals surface area contributed by atoms with Gasteiger partial charge >= 0.3 is 6.09 Å². The Hall–Kier alpha value is -4.06. The number of hydrogen-bond donors (Lipinski definition) is 3. The molecule has 1 aliphatic heterocycles. The molecule has 12 heteroatoms. The minimum absolute atomic E-state index is 0.0612. The highest BCUT2D eigenvalue weighted by Crippen LogP contribution is 2.37. The molecular weight excluding hydrogens is 535 g/mol. The van der Waals surface area contributed by atoms with Crippen LogP contribution >= 0.6 is 11.3 Å². The summed E-state index contributed by atoms with van der Waals surface area (Å²) in [5, 5.41) is 16.6. The van der Waals surface area contributed by atoms with E-state index in [4.69, 9.17) is 0 Å². The van der Waals surface area contributed by atoms with E-state index < -0.39 is 17.8 Å². The van der Waals surface area contributed by atoms with E-state index in [1.165, 1.54) is 34.7 Å². The van der Waals surface area contributed by atoms with Crippen molar-refractivity contribution in [2.24, 2.45) is 11.3 Å². The number of piperidine rings is 1. The number of rotatable bonds is 6. The van der Waals surface area contributed by atoms with Gasteiger partial charge in [-0.15, -0.1) is 11.3 Å². The summed E-state index contributed by atoms with van der Waals surface area (Å²) in [6.07, 6.45) is 2.79. The number of thiazole rings is 1. The lowest BCUT2D eigenvalue weighted by molar-refractivity contribution is 0.0827. The van der Waals surface area contributed by atoms with Gasteiger partial charge in [-0.25, -0.2) is 14.2 Å². The second kappa shape index (κ2) is 11.6. The lowest BCUT2D eigenvalue weighted by Crippen LogP contribution is -2.53. The van der Waals surface area contributed by atoms with E-state index in [9.17, 15) is 23.9 Å². The standard InChI is InChI=1S/C28H33FN6O4S/c1-28(2,3)17-11-18(31-27(38)39)14-35(13-17)23-8-9-30-12-21(23)32-24(36)22-15-40-25(33-22)19-10-16(6-7-20(19)29)26(37)34(4)5/h6-10,12,15,17-18,31H,11,13-14H2,1-5H3,(H,32,36)(H,38,39). The lowest BCUT2D eigenvalue weighted by atomic mass is 9.75. The van der Waals surface area contributed by atoms with Crippen molar-refractivity contribution in [1.82, 2.24) is 20.2 Å². The number of pyridine rings is 1. The molecule has 10 nitrogen and oxygen atoms in total. The van der Waals surface area contributed by atoms with Crippen molar-refractivity contribution in [3.8, 4) is 10.6 Å². The van der Waals surface area contributed by atoms with Gasteiger partial charge in [0.05, 0.1) is 23.6 Å². The monoisotopic (exact) mass is 568 g/mol. The summed E-state index contributed by atoms with van der Waals surface area (Å²) in [6, 6.07) is 5.56. The molecule has 3 aromatic rings. The predicted molar refractivity (Wildman–Crippen MR) is 152 cm³/mol. The van der Waals surface area contributed by atoms with Gasteiger partial charge in [0.1, 0.15) is 16.5 Å². The summed E-state index contributed by atoms with van der Waals surface area (Å²) in [6.45, 7) is 7.50. The molecule has 2 atom stereocenters. The number of amides is 3. The maximum atomic E-state index is 14.6. The third-order valence-corrected chi connectivity index (χ3v) is 7.85. The molecule has 1 aromatic carbocycles. The Bertz CT molecular complexity index is 1420. The number of hydrogen-bond acceptors (Lipinski definition) is 7. The van der Waals surface area contributed by atoms with Crippen LogP contribution in [0.3, 0.4) is 0 Å². The van der Waals surface area contributed by atoms with Crippen molar-refractivity contribution in [3.05, 3.63) is 59.1 Å². The number of nitrogens with zero attached hydrogens (tertiary/aromatic N) is 4. The Balaban J connectivity index is 1.57. The van der Waals surface area contributed by atoms with E-state index in [1.807, 2.05) is 0 Å². The normalized spacial score (nSPS) is 17.3. The van der Waals surface area contributed by atoms with Crippen molar-refractivity contribution >= 4 is 40.6 Å². The zero-order valence-electron chi connectivity index (χ0n) is 23.1. The molecule has 1 fully saturated rings. The maximum absolute atomic E-state index is 14.6. The number of benzene rings is 1. The van der Waals surface area contributed by atoms with Crippen LogP contribution in [0.25, 0.3) is 10.6 Å². The van der Waals surface area contributed by atoms with E-state index in [0.29, 0.717) is 36.4 Å². The van der Waals surface area contributed by atoms with E-state index in [-0.39, 0.29) is 39.5 Å². The summed E-state index contributed by atoms with van der Waals surface area (Å²) in [5.74, 6) is -1.12. The molecule has 3 N–H and O–H groups in total. The number of carbonyl (C=O) groups is 3. The van der Waals surface area contributed by atoms with Crippen LogP contribution in [0, 0.1) is 17.2 Å². The van der Waals surface area contributed by atoms with Gasteiger partial charge in [0.25, 0.3) is 11.8 Å². The molecule has 3 heterocycles. The molecule has 1 aliphatic rings. The van der Waals surface area contributed by atoms with Crippen LogP contribution < -0.4 is 15.5 Å². The van der Waals surface area contributed by atoms with Crippen molar-refractivity contribution < 1.29 is 23.9 Å². The molecule has 0 saturated carbocycles. The lowest BCUT2D eigenvalue weighted by Gasteiger charge is -2.44. The third-order valence-electron chi connectivity index (χ3n) is 6.98. The van der Waals surface area contributed by atoms with Gasteiger partial charge in [0.15, 0.2) is 0 Å². The molecule has 0 aliphatic carbocycles. The first-order chi connectivity index (χ1) is 18.8. The fourth-order valence-electron chi connectivity index (χ4n) is 4.73. The number of carboxylic acid groups (broad SMARTS) is 1. The van der Waals surface area contributed by atoms with Gasteiger partial charge in [-0.2, -0.15) is 0 Å². The van der Waals surface area contributed by atoms with Gasteiger partial charge < -0.3 is 25.5 Å². The van der Waals surface area contributed by atoms with Crippen molar-refractivity contribution in [1.29, 1.82) is 0 Å². The molecule has 2 unspecified atom stereocenters. The Morgan fingerprint density at radius 3 is 2.60 bits per heavy atom. The van der Waals surface area contributed by atoms with Gasteiger partial charge in [0.2, 0.25) is 0 Å². The molecule has 40 heavy (non-hydrogen) atoms. The number of halogens is 1. The van der Waals surface area contributed by atoms with Crippen LogP contribution in [0.1, 0.15) is 48.0 Å². The van der Waals surface area contributed by atoms with E-state index in [0.717, 1.165) is 11.3 Å². The second-order valence-corrected chi connectivity index (χ2v) is 12.0. The molecule has 212 valence electrons. The highest BCUT2D eigenvalue weighted by Gasteiger charge is 2.36. The van der Waals surface area contributed by atoms with Crippen LogP contribution in [0.15, 0.2) is 42.0 Å². The summed E-state index contributed by atoms with van der Waals surface area (Å²) >= 11 is 1.10. The fraction of sp³-hybridized carbons (Fsp3) is 0.393. The minimum atomic E-state index is -1.07. The quantitative estimate of drug-likeness (QED) is 0.390. The van der Waals surface area contributed by atoms with Crippen molar-refractivity contribution in [2.45, 2.75) is 33.2 Å². The average Bonchev–Trinajstić information content (AvgIpc) is 3.38. The predicted octanol–water partition coefficient (Wildman–Crippen LogP) is 4.81. The summed E-state index contributed by atoms with van der Waals surface area (Å²) < 4.78 is 14.6. The van der Waals surface area contributed by atoms with Crippen LogP contribution in [0.4, 0.5) is 20.6 Å². The first-order valence-corrected chi connectivity index (χ1v) is 13.7. The molecule has 0 spiro atoms. The smallest absolute Gasteiger partial charge is 0.404 e. The Morgan fingerprint density at radius 1 is 1.18 bits per heavy atom. The summed E-state index contributed by atoms with van der Waals surface area (Å²) in [4.78, 5) is 48.9. The third kappa shape index (κ3) is 6.56. The number of aromatic nitrogens is 2. The zero-order valence-corrected chi connectivity index (χ0v) is 23.9. The van der Waals surface area contributed by atoms with Crippen LogP contribution in [-0.2, 0) is 0 Å². The molecule has 3 amide bonds. The first kappa shape index (κ1) is 28.9. The van der Waals surface area contributed by atoms with Crippen molar-refractivity contribution in [2.75, 3.05) is 37.4 Å². The zero-order chi connectivity index (χ0) is 29.2. The average molecular weight is 569 g/mol. The molecular formula is C28H33FN6O4S. The van der Waals surface area contributed by atoms with Gasteiger partial charge in [-0.05, 0) is 42.0 Å². The summed E-state index contributed by atoms with van der Waals surface area (Å²) in [5.41, 5.74) is 1.65. The van der Waals surface area contributed by atoms with Crippen LogP contribution in [0.5, 0.6) is 0 Å². The molecule has 0 bridgehead atoms. The second-order valence-electron chi connectivity index (χ2n) is 11.1. The number of anilines is 2. The molecule has 0 radical (unpaired) electrons. The van der Waals surface area contributed by atoms with E-state index >= 15 is 0 Å². The Kier molecular flexibility index (Phi) is 8.38. The fourth-order valence-corrected chi connectivity index (χ4v) is 5.55. The Labute approximate surface area is 236 Å². The van der Waals surface area contributed by atoms with Gasteiger partial charge in [-0.1, -0.05) is 20.8 Å². The number of nitrogens with one attached hydrogen (secondary N) is 2. The van der Waals surface area contributed by atoms with E-state index in [1.54, 1.807) is 26.4 Å². The topological polar surface area (TPSA) is 128 Å². The molecule has 4 rings (SSSR count). The van der Waals surface area contributed by atoms with Gasteiger partial charge in [-0.3, -0.25) is 14.6 Å². The summed E-state index contributed by atoms with van der Waals surface area (Å²) in [7, 11) is 3.22. The first-order valence-electron chi connectivity index (χ1n) is 12.8. The number of carbonyl (C=O) groups excluding carboxylic acids is 2. The SMILES string of the molecule is CN(C)C(=O)c1ccc(F)c(-c2nc(C(=O)Nc3cnccc3N3CC(NC(=O)O)CC(C(C)(C)C)C3)cs2)c1. The van der Waals surface area contributed by atoms with Crippen LogP contribution in [-0.4, -0.2) is 71.1 Å². The molecule has 2 aromatic heterocycles. The van der Waals surface area contributed by atoms with Gasteiger partial charge in [0, 0.05) is 49.9 Å². The van der Waals surface area contributed by atoms with Crippen molar-refractivity contribution in [3.63, 3.8) is 0 Å². The van der Waals surface area contributed by atoms with E-state index in [2.05, 4.69) is 46.3 Å². The van der Waals surface area contributed by atoms with Crippen LogP contribution in [0.2, 0.25) is 0 Å².